The first-order valence-corrected chi connectivity index (χ1v) is 11.7. The van der Waals surface area contributed by atoms with Gasteiger partial charge in [0.25, 0.3) is 0 Å². The van der Waals surface area contributed by atoms with Crippen LogP contribution >= 0.6 is 0 Å². The summed E-state index contributed by atoms with van der Waals surface area (Å²) in [7, 11) is 0. The highest BCUT2D eigenvalue weighted by atomic mass is 16.5. The number of aryl methyl sites for hydroxylation is 2. The van der Waals surface area contributed by atoms with E-state index in [1.165, 1.54) is 0 Å². The second-order valence-electron chi connectivity index (χ2n) is 9.09. The molecule has 1 N–H and O–H groups in total. The number of amides is 1. The number of ether oxygens (including phenoxy) is 1. The molecule has 2 heterocycles. The number of hydrogen-bond acceptors (Lipinski definition) is 4. The molecule has 6 nitrogen and oxygen atoms in total. The lowest BCUT2D eigenvalue weighted by atomic mass is 10.1. The number of benzene rings is 3. The van der Waals surface area contributed by atoms with E-state index < -0.39 is 6.10 Å². The Morgan fingerprint density at radius 1 is 1.03 bits per heavy atom. The van der Waals surface area contributed by atoms with Crippen LogP contribution in [0.4, 0.5) is 5.69 Å². The zero-order chi connectivity index (χ0) is 23.7. The van der Waals surface area contributed by atoms with E-state index in [1.807, 2.05) is 91.5 Å². The molecular formula is C28H29N3O3. The van der Waals surface area contributed by atoms with Crippen LogP contribution in [0.25, 0.3) is 11.0 Å². The van der Waals surface area contributed by atoms with Gasteiger partial charge in [0, 0.05) is 24.6 Å². The molecule has 34 heavy (non-hydrogen) atoms. The monoisotopic (exact) mass is 455 g/mol. The van der Waals surface area contributed by atoms with Crippen LogP contribution in [-0.2, 0) is 11.3 Å². The van der Waals surface area contributed by atoms with Crippen molar-refractivity contribution in [1.82, 2.24) is 9.55 Å². The van der Waals surface area contributed by atoms with Crippen molar-refractivity contribution in [2.75, 3.05) is 18.1 Å². The van der Waals surface area contributed by atoms with E-state index in [0.717, 1.165) is 39.4 Å². The number of para-hydroxylation sites is 2. The maximum absolute atomic E-state index is 12.9. The molecule has 174 valence electrons. The largest absolute Gasteiger partial charge is 0.491 e. The molecule has 0 spiro atoms. The van der Waals surface area contributed by atoms with Gasteiger partial charge in [-0.15, -0.1) is 0 Å². The van der Waals surface area contributed by atoms with Gasteiger partial charge in [0.05, 0.1) is 17.6 Å². The Kier molecular flexibility index (Phi) is 6.07. The van der Waals surface area contributed by atoms with Gasteiger partial charge in [0.1, 0.15) is 24.3 Å². The highest BCUT2D eigenvalue weighted by Crippen LogP contribution is 2.33. The number of nitrogens with zero attached hydrogens (tertiary/aromatic N) is 3. The normalized spacial score (nSPS) is 16.9. The molecule has 0 saturated carbocycles. The number of anilines is 1. The minimum Gasteiger partial charge on any atom is -0.491 e. The van der Waals surface area contributed by atoms with Gasteiger partial charge in [-0.05, 0) is 55.8 Å². The number of imidazole rings is 1. The fourth-order valence-corrected chi connectivity index (χ4v) is 4.61. The summed E-state index contributed by atoms with van der Waals surface area (Å²) in [5.41, 5.74) is 5.02. The van der Waals surface area contributed by atoms with Crippen molar-refractivity contribution in [3.05, 3.63) is 89.7 Å². The fourth-order valence-electron chi connectivity index (χ4n) is 4.61. The molecule has 2 atom stereocenters. The lowest BCUT2D eigenvalue weighted by Crippen LogP contribution is -2.26. The van der Waals surface area contributed by atoms with Gasteiger partial charge in [-0.2, -0.15) is 0 Å². The molecule has 0 aliphatic carbocycles. The molecule has 1 fully saturated rings. The van der Waals surface area contributed by atoms with E-state index in [2.05, 4.69) is 4.57 Å². The Bertz CT molecular complexity index is 1310. The molecule has 3 aromatic carbocycles. The number of carbonyl (C=O) groups excluding carboxylic acids is 1. The fraction of sp³-hybridized carbons (Fsp3) is 0.286. The molecule has 0 radical (unpaired) electrons. The number of fused-ring (bicyclic) bond motifs is 1. The third kappa shape index (κ3) is 4.54. The van der Waals surface area contributed by atoms with Crippen LogP contribution < -0.4 is 9.64 Å². The number of aromatic nitrogens is 2. The predicted molar refractivity (Wildman–Crippen MR) is 133 cm³/mol. The second-order valence-corrected chi connectivity index (χ2v) is 9.09. The SMILES string of the molecule is Cc1ccc(OC[C@@H](O)Cn2c([C@@H]3CC(=O)N(c4cccc(C)c4)C3)nc3ccccc32)cc1. The average molecular weight is 456 g/mol. The number of aliphatic hydroxyl groups is 1. The van der Waals surface area contributed by atoms with Crippen LogP contribution in [0.15, 0.2) is 72.8 Å². The predicted octanol–water partition coefficient (Wildman–Crippen LogP) is 4.61. The maximum Gasteiger partial charge on any atom is 0.227 e. The second kappa shape index (κ2) is 9.31. The van der Waals surface area contributed by atoms with Gasteiger partial charge < -0.3 is 19.3 Å². The zero-order valence-electron chi connectivity index (χ0n) is 19.5. The molecule has 1 aromatic heterocycles. The lowest BCUT2D eigenvalue weighted by molar-refractivity contribution is -0.117. The summed E-state index contributed by atoms with van der Waals surface area (Å²) in [5, 5.41) is 10.8. The molecule has 1 amide bonds. The minimum atomic E-state index is -0.720. The van der Waals surface area contributed by atoms with Crippen LogP contribution in [0.2, 0.25) is 0 Å². The van der Waals surface area contributed by atoms with Gasteiger partial charge in [0.2, 0.25) is 5.91 Å². The molecular weight excluding hydrogens is 426 g/mol. The molecule has 5 rings (SSSR count). The van der Waals surface area contributed by atoms with Crippen molar-refractivity contribution in [2.24, 2.45) is 0 Å². The molecule has 0 unspecified atom stereocenters. The summed E-state index contributed by atoms with van der Waals surface area (Å²) in [6, 6.07) is 23.7. The Balaban J connectivity index is 1.38. The Morgan fingerprint density at radius 3 is 2.62 bits per heavy atom. The molecule has 0 bridgehead atoms. The zero-order valence-corrected chi connectivity index (χ0v) is 19.5. The summed E-state index contributed by atoms with van der Waals surface area (Å²) >= 11 is 0. The standard InChI is InChI=1S/C28H29N3O3/c1-19-10-12-24(13-11-19)34-18-23(32)17-31-26-9-4-3-8-25(26)29-28(31)21-15-27(33)30(16-21)22-7-5-6-20(2)14-22/h3-14,21,23,32H,15-18H2,1-2H3/t21-,23+/m1/s1. The Hall–Kier alpha value is -3.64. The highest BCUT2D eigenvalue weighted by molar-refractivity contribution is 5.96. The van der Waals surface area contributed by atoms with E-state index in [4.69, 9.17) is 9.72 Å². The average Bonchev–Trinajstić information content (AvgIpc) is 3.39. The summed E-state index contributed by atoms with van der Waals surface area (Å²) in [6.45, 7) is 5.14. The molecule has 4 aromatic rings. The van der Waals surface area contributed by atoms with Crippen molar-refractivity contribution >= 4 is 22.6 Å². The third-order valence-corrected chi connectivity index (χ3v) is 6.34. The molecule has 1 saturated heterocycles. The van der Waals surface area contributed by atoms with E-state index in [1.54, 1.807) is 0 Å². The quantitative estimate of drug-likeness (QED) is 0.442. The summed E-state index contributed by atoms with van der Waals surface area (Å²) in [5.74, 6) is 1.61. The van der Waals surface area contributed by atoms with Crippen molar-refractivity contribution in [3.8, 4) is 5.75 Å². The van der Waals surface area contributed by atoms with E-state index in [-0.39, 0.29) is 18.4 Å². The van der Waals surface area contributed by atoms with Crippen LogP contribution in [0, 0.1) is 13.8 Å². The van der Waals surface area contributed by atoms with Gasteiger partial charge in [0.15, 0.2) is 0 Å². The maximum atomic E-state index is 12.9. The van der Waals surface area contributed by atoms with E-state index >= 15 is 0 Å². The third-order valence-electron chi connectivity index (χ3n) is 6.34. The molecule has 1 aliphatic heterocycles. The van der Waals surface area contributed by atoms with Crippen molar-refractivity contribution in [1.29, 1.82) is 0 Å². The van der Waals surface area contributed by atoms with Crippen LogP contribution in [0.5, 0.6) is 5.75 Å². The van der Waals surface area contributed by atoms with E-state index in [0.29, 0.717) is 19.5 Å². The van der Waals surface area contributed by atoms with Gasteiger partial charge in [-0.25, -0.2) is 4.98 Å². The van der Waals surface area contributed by atoms with Crippen molar-refractivity contribution in [2.45, 2.75) is 38.8 Å². The van der Waals surface area contributed by atoms with Crippen molar-refractivity contribution < 1.29 is 14.6 Å². The number of hydrogen-bond donors (Lipinski definition) is 1. The van der Waals surface area contributed by atoms with Gasteiger partial charge >= 0.3 is 0 Å². The van der Waals surface area contributed by atoms with E-state index in [9.17, 15) is 9.90 Å². The van der Waals surface area contributed by atoms with Crippen LogP contribution in [0.1, 0.15) is 29.3 Å². The Morgan fingerprint density at radius 2 is 1.82 bits per heavy atom. The number of aliphatic hydroxyl groups excluding tert-OH is 1. The van der Waals surface area contributed by atoms with Gasteiger partial charge in [-0.1, -0.05) is 42.0 Å². The van der Waals surface area contributed by atoms with Crippen LogP contribution in [-0.4, -0.2) is 39.8 Å². The first-order valence-electron chi connectivity index (χ1n) is 11.7. The Labute approximate surface area is 199 Å². The highest BCUT2D eigenvalue weighted by Gasteiger charge is 2.35. The molecule has 6 heteroatoms. The first-order chi connectivity index (χ1) is 16.5. The van der Waals surface area contributed by atoms with Crippen molar-refractivity contribution in [3.63, 3.8) is 0 Å². The molecule has 1 aliphatic rings. The van der Waals surface area contributed by atoms with Gasteiger partial charge in [-0.3, -0.25) is 4.79 Å². The lowest BCUT2D eigenvalue weighted by Gasteiger charge is -2.19. The first kappa shape index (κ1) is 22.2. The smallest absolute Gasteiger partial charge is 0.227 e. The number of rotatable bonds is 7. The number of carbonyl (C=O) groups is 1. The van der Waals surface area contributed by atoms with Crippen LogP contribution in [0.3, 0.4) is 0 Å². The summed E-state index contributed by atoms with van der Waals surface area (Å²) in [4.78, 5) is 19.7. The summed E-state index contributed by atoms with van der Waals surface area (Å²) < 4.78 is 7.86. The minimum absolute atomic E-state index is 0.0503. The topological polar surface area (TPSA) is 67.6 Å². The summed E-state index contributed by atoms with van der Waals surface area (Å²) in [6.07, 6.45) is -0.324.